The minimum absolute atomic E-state index is 0.510. The van der Waals surface area contributed by atoms with E-state index < -0.39 is 0 Å². The zero-order valence-corrected chi connectivity index (χ0v) is 16.2. The summed E-state index contributed by atoms with van der Waals surface area (Å²) in [6.07, 6.45) is 5.11. The van der Waals surface area contributed by atoms with E-state index >= 15 is 0 Å². The van der Waals surface area contributed by atoms with Crippen LogP contribution in [0.25, 0.3) is 0 Å². The van der Waals surface area contributed by atoms with E-state index in [0.29, 0.717) is 12.0 Å². The Morgan fingerprint density at radius 2 is 2.08 bits per heavy atom. The molecule has 2 rings (SSSR count). The van der Waals surface area contributed by atoms with Crippen molar-refractivity contribution in [2.75, 3.05) is 46.4 Å². The third kappa shape index (κ3) is 7.04. The van der Waals surface area contributed by atoms with E-state index in [0.717, 1.165) is 51.9 Å². The van der Waals surface area contributed by atoms with Crippen molar-refractivity contribution >= 4 is 5.96 Å². The number of aryl methyl sites for hydroxylation is 1. The molecular formula is C18H34N6O. The van der Waals surface area contributed by atoms with Gasteiger partial charge >= 0.3 is 0 Å². The van der Waals surface area contributed by atoms with E-state index in [1.165, 1.54) is 12.0 Å². The summed E-state index contributed by atoms with van der Waals surface area (Å²) in [5, 5.41) is 11.2. The first kappa shape index (κ1) is 19.7. The summed E-state index contributed by atoms with van der Waals surface area (Å²) in [7, 11) is 1.82. The first-order chi connectivity index (χ1) is 12.1. The van der Waals surface area contributed by atoms with Crippen LogP contribution in [0.2, 0.25) is 0 Å². The Labute approximate surface area is 151 Å². The fourth-order valence-electron chi connectivity index (χ4n) is 3.16. The summed E-state index contributed by atoms with van der Waals surface area (Å²) in [6, 6.07) is 0.510. The van der Waals surface area contributed by atoms with Crippen molar-refractivity contribution in [1.29, 1.82) is 0 Å². The summed E-state index contributed by atoms with van der Waals surface area (Å²) in [4.78, 5) is 6.88. The smallest absolute Gasteiger partial charge is 0.191 e. The lowest BCUT2D eigenvalue weighted by molar-refractivity contribution is 0.0132. The van der Waals surface area contributed by atoms with E-state index in [2.05, 4.69) is 52.6 Å². The molecule has 0 aliphatic carbocycles. The van der Waals surface area contributed by atoms with Gasteiger partial charge in [0.15, 0.2) is 5.96 Å². The van der Waals surface area contributed by atoms with Crippen LogP contribution in [-0.4, -0.2) is 73.1 Å². The number of hydrogen-bond donors (Lipinski definition) is 2. The molecule has 0 radical (unpaired) electrons. The molecule has 1 atom stereocenters. The predicted octanol–water partition coefficient (Wildman–Crippen LogP) is 1.10. The van der Waals surface area contributed by atoms with E-state index in [-0.39, 0.29) is 0 Å². The molecule has 0 aromatic carbocycles. The molecule has 1 unspecified atom stereocenters. The van der Waals surface area contributed by atoms with E-state index in [9.17, 15) is 0 Å². The van der Waals surface area contributed by atoms with Crippen molar-refractivity contribution < 1.29 is 4.74 Å². The number of guanidine groups is 1. The van der Waals surface area contributed by atoms with E-state index in [1.54, 1.807) is 0 Å². The highest BCUT2D eigenvalue weighted by Gasteiger charge is 2.22. The molecule has 0 spiro atoms. The minimum Gasteiger partial charge on any atom is -0.379 e. The zero-order chi connectivity index (χ0) is 18.1. The SMILES string of the molecule is CN=C(NCCn1cc(C)cn1)NCC(CC(C)C)N1CCOCC1. The van der Waals surface area contributed by atoms with Crippen LogP contribution in [-0.2, 0) is 11.3 Å². The lowest BCUT2D eigenvalue weighted by Gasteiger charge is -2.35. The fourth-order valence-corrected chi connectivity index (χ4v) is 3.16. The Balaban J connectivity index is 1.77. The molecular weight excluding hydrogens is 316 g/mol. The van der Waals surface area contributed by atoms with Gasteiger partial charge in [0, 0.05) is 45.5 Å². The summed E-state index contributed by atoms with van der Waals surface area (Å²) in [6.45, 7) is 12.9. The highest BCUT2D eigenvalue weighted by atomic mass is 16.5. The average molecular weight is 351 g/mol. The largest absolute Gasteiger partial charge is 0.379 e. The van der Waals surface area contributed by atoms with Crippen LogP contribution in [0.4, 0.5) is 0 Å². The second-order valence-electron chi connectivity index (χ2n) is 7.09. The van der Waals surface area contributed by atoms with Gasteiger partial charge in [-0.15, -0.1) is 0 Å². The molecule has 0 saturated carbocycles. The number of aromatic nitrogens is 2. The third-order valence-electron chi connectivity index (χ3n) is 4.43. The molecule has 1 aliphatic heterocycles. The van der Waals surface area contributed by atoms with Crippen molar-refractivity contribution in [1.82, 2.24) is 25.3 Å². The number of nitrogens with zero attached hydrogens (tertiary/aromatic N) is 4. The normalized spacial score (nSPS) is 17.7. The van der Waals surface area contributed by atoms with Gasteiger partial charge in [-0.1, -0.05) is 13.8 Å². The molecule has 0 amide bonds. The second kappa shape index (κ2) is 10.4. The first-order valence-corrected chi connectivity index (χ1v) is 9.34. The number of aliphatic imine (C=N–C) groups is 1. The summed E-state index contributed by atoms with van der Waals surface area (Å²) < 4.78 is 7.44. The molecule has 7 nitrogen and oxygen atoms in total. The average Bonchev–Trinajstić information content (AvgIpc) is 3.02. The molecule has 1 aromatic rings. The molecule has 1 aliphatic rings. The van der Waals surface area contributed by atoms with Crippen molar-refractivity contribution in [3.05, 3.63) is 18.0 Å². The number of hydrogen-bond acceptors (Lipinski definition) is 4. The molecule has 1 saturated heterocycles. The number of nitrogens with one attached hydrogen (secondary N) is 2. The van der Waals surface area contributed by atoms with Crippen LogP contribution in [0.1, 0.15) is 25.8 Å². The van der Waals surface area contributed by atoms with Crippen molar-refractivity contribution in [3.63, 3.8) is 0 Å². The van der Waals surface area contributed by atoms with Crippen LogP contribution < -0.4 is 10.6 Å². The molecule has 1 fully saturated rings. The Bertz CT molecular complexity index is 521. The number of morpholine rings is 1. The van der Waals surface area contributed by atoms with Gasteiger partial charge in [-0.3, -0.25) is 14.6 Å². The number of rotatable bonds is 8. The van der Waals surface area contributed by atoms with Crippen LogP contribution in [0.5, 0.6) is 0 Å². The lowest BCUT2D eigenvalue weighted by Crippen LogP contribution is -2.51. The Morgan fingerprint density at radius 1 is 1.32 bits per heavy atom. The summed E-state index contributed by atoms with van der Waals surface area (Å²) >= 11 is 0. The van der Waals surface area contributed by atoms with Crippen LogP contribution >= 0.6 is 0 Å². The van der Waals surface area contributed by atoms with Gasteiger partial charge in [-0.05, 0) is 24.8 Å². The summed E-state index contributed by atoms with van der Waals surface area (Å²) in [5.74, 6) is 1.53. The van der Waals surface area contributed by atoms with Gasteiger partial charge in [0.05, 0.1) is 26.0 Å². The zero-order valence-electron chi connectivity index (χ0n) is 16.2. The molecule has 142 valence electrons. The molecule has 0 bridgehead atoms. The molecule has 2 N–H and O–H groups in total. The quantitative estimate of drug-likeness (QED) is 0.543. The second-order valence-corrected chi connectivity index (χ2v) is 7.09. The fraction of sp³-hybridized carbons (Fsp3) is 0.778. The number of ether oxygens (including phenoxy) is 1. The Morgan fingerprint density at radius 3 is 2.68 bits per heavy atom. The first-order valence-electron chi connectivity index (χ1n) is 9.34. The molecule has 7 heteroatoms. The highest BCUT2D eigenvalue weighted by Crippen LogP contribution is 2.12. The Hall–Kier alpha value is -1.60. The van der Waals surface area contributed by atoms with Gasteiger partial charge in [-0.25, -0.2) is 0 Å². The standard InChI is InChI=1S/C18H34N6O/c1-15(2)11-17(23-7-9-25-10-8-23)13-21-18(19-4)20-5-6-24-14-16(3)12-22-24/h12,14-15,17H,5-11,13H2,1-4H3,(H2,19,20,21). The van der Waals surface area contributed by atoms with Crippen molar-refractivity contribution in [3.8, 4) is 0 Å². The third-order valence-corrected chi connectivity index (χ3v) is 4.43. The van der Waals surface area contributed by atoms with E-state index in [1.807, 2.05) is 17.9 Å². The molecule has 25 heavy (non-hydrogen) atoms. The van der Waals surface area contributed by atoms with Gasteiger partial charge < -0.3 is 15.4 Å². The lowest BCUT2D eigenvalue weighted by atomic mass is 10.0. The minimum atomic E-state index is 0.510. The van der Waals surface area contributed by atoms with E-state index in [4.69, 9.17) is 4.74 Å². The van der Waals surface area contributed by atoms with Gasteiger partial charge in [0.1, 0.15) is 0 Å². The van der Waals surface area contributed by atoms with Gasteiger partial charge in [0.25, 0.3) is 0 Å². The van der Waals surface area contributed by atoms with Crippen LogP contribution in [0.3, 0.4) is 0 Å². The maximum Gasteiger partial charge on any atom is 0.191 e. The molecule has 2 heterocycles. The van der Waals surface area contributed by atoms with Crippen LogP contribution in [0, 0.1) is 12.8 Å². The monoisotopic (exact) mass is 350 g/mol. The van der Waals surface area contributed by atoms with Crippen LogP contribution in [0.15, 0.2) is 17.4 Å². The molecule has 1 aromatic heterocycles. The van der Waals surface area contributed by atoms with Gasteiger partial charge in [-0.2, -0.15) is 5.10 Å². The predicted molar refractivity (Wildman–Crippen MR) is 102 cm³/mol. The van der Waals surface area contributed by atoms with Crippen molar-refractivity contribution in [2.24, 2.45) is 10.9 Å². The highest BCUT2D eigenvalue weighted by molar-refractivity contribution is 5.79. The van der Waals surface area contributed by atoms with Crippen molar-refractivity contribution in [2.45, 2.75) is 39.8 Å². The maximum atomic E-state index is 5.49. The Kier molecular flexibility index (Phi) is 8.21. The van der Waals surface area contributed by atoms with Gasteiger partial charge in [0.2, 0.25) is 0 Å². The maximum absolute atomic E-state index is 5.49. The topological polar surface area (TPSA) is 66.7 Å². The summed E-state index contributed by atoms with van der Waals surface area (Å²) in [5.41, 5.74) is 1.18.